The number of sulfonamides is 1. The number of hydrogen-bond donors (Lipinski definition) is 0. The molecule has 27 heavy (non-hydrogen) atoms. The molecule has 5 nitrogen and oxygen atoms in total. The van der Waals surface area contributed by atoms with E-state index >= 15 is 0 Å². The monoisotopic (exact) mass is 413 g/mol. The highest BCUT2D eigenvalue weighted by Gasteiger charge is 2.31. The molecule has 1 unspecified atom stereocenters. The maximum absolute atomic E-state index is 12.5. The maximum Gasteiger partial charge on any atom is 0.211 e. The van der Waals surface area contributed by atoms with E-state index in [1.807, 2.05) is 12.1 Å². The van der Waals surface area contributed by atoms with Crippen molar-refractivity contribution in [1.29, 1.82) is 0 Å². The summed E-state index contributed by atoms with van der Waals surface area (Å²) in [7, 11) is -3.20. The van der Waals surface area contributed by atoms with Gasteiger partial charge in [0.05, 0.1) is 6.26 Å². The van der Waals surface area contributed by atoms with Crippen molar-refractivity contribution in [3.63, 3.8) is 0 Å². The molecule has 2 saturated heterocycles. The van der Waals surface area contributed by atoms with Crippen molar-refractivity contribution in [2.75, 3.05) is 45.5 Å². The second-order valence-corrected chi connectivity index (χ2v) is 10.3. The molecule has 0 amide bonds. The third-order valence-electron chi connectivity index (χ3n) is 5.72. The van der Waals surface area contributed by atoms with Crippen molar-refractivity contribution in [3.05, 3.63) is 34.9 Å². The lowest BCUT2D eigenvalue weighted by Gasteiger charge is -2.39. The Balaban J connectivity index is 1.60. The van der Waals surface area contributed by atoms with E-state index in [2.05, 4.69) is 21.9 Å². The molecule has 0 N–H and O–H groups in total. The summed E-state index contributed by atoms with van der Waals surface area (Å²) in [5, 5.41) is 0.747. The Kier molecular flexibility index (Phi) is 7.57. The van der Waals surface area contributed by atoms with E-state index in [0.29, 0.717) is 6.54 Å². The number of piperidine rings is 2. The van der Waals surface area contributed by atoms with Crippen LogP contribution in [0.4, 0.5) is 0 Å². The molecule has 0 aromatic heterocycles. The zero-order valence-corrected chi connectivity index (χ0v) is 17.9. The fourth-order valence-corrected chi connectivity index (χ4v) is 5.55. The third-order valence-corrected chi connectivity index (χ3v) is 7.30. The predicted octanol–water partition coefficient (Wildman–Crippen LogP) is 3.05. The summed E-state index contributed by atoms with van der Waals surface area (Å²) in [6.45, 7) is 6.32. The first-order chi connectivity index (χ1) is 12.9. The maximum atomic E-state index is 12.5. The van der Waals surface area contributed by atoms with Gasteiger partial charge in [-0.2, -0.15) is 4.31 Å². The first-order valence-electron chi connectivity index (χ1n) is 10.1. The van der Waals surface area contributed by atoms with Gasteiger partial charge in [-0.25, -0.2) is 8.42 Å². The van der Waals surface area contributed by atoms with Gasteiger partial charge in [-0.15, -0.1) is 0 Å². The van der Waals surface area contributed by atoms with E-state index in [0.717, 1.165) is 57.1 Å². The molecule has 2 fully saturated rings. The van der Waals surface area contributed by atoms with E-state index in [1.54, 1.807) is 4.31 Å². The Bertz CT molecular complexity index is 690. The van der Waals surface area contributed by atoms with Crippen LogP contribution < -0.4 is 0 Å². The Hall–Kier alpha value is -0.660. The smallest absolute Gasteiger partial charge is 0.211 e. The number of rotatable bonds is 7. The van der Waals surface area contributed by atoms with E-state index in [4.69, 9.17) is 11.6 Å². The van der Waals surface area contributed by atoms with Crippen molar-refractivity contribution in [2.24, 2.45) is 0 Å². The minimum atomic E-state index is -3.20. The molecule has 1 aromatic carbocycles. The van der Waals surface area contributed by atoms with Gasteiger partial charge in [0.1, 0.15) is 0 Å². The van der Waals surface area contributed by atoms with Gasteiger partial charge in [-0.3, -0.25) is 4.90 Å². The number of likely N-dealkylation sites (tertiary alicyclic amines) is 2. The zero-order valence-electron chi connectivity index (χ0n) is 16.3. The SMILES string of the molecule is CS(=O)(=O)N(CCN1CCCCC1)C1CCCN(Cc2ccc(Cl)cc2)C1. The zero-order chi connectivity index (χ0) is 19.3. The average molecular weight is 414 g/mol. The minimum absolute atomic E-state index is 0.0749. The van der Waals surface area contributed by atoms with Gasteiger partial charge in [0.2, 0.25) is 10.0 Å². The number of nitrogens with zero attached hydrogens (tertiary/aromatic N) is 3. The van der Waals surface area contributed by atoms with Crippen LogP contribution in [0.3, 0.4) is 0 Å². The molecule has 152 valence electrons. The molecule has 0 spiro atoms. The van der Waals surface area contributed by atoms with Crippen LogP contribution in [0.2, 0.25) is 5.02 Å². The van der Waals surface area contributed by atoms with Crippen LogP contribution in [0, 0.1) is 0 Å². The molecule has 1 aromatic rings. The standard InChI is InChI=1S/C20H32ClN3O2S/c1-27(25,26)24(15-14-22-11-3-2-4-12-22)20-6-5-13-23(17-20)16-18-7-9-19(21)10-8-18/h7-10,20H,2-6,11-17H2,1H3. The van der Waals surface area contributed by atoms with E-state index < -0.39 is 10.0 Å². The van der Waals surface area contributed by atoms with Gasteiger partial charge in [-0.1, -0.05) is 30.2 Å². The fourth-order valence-electron chi connectivity index (χ4n) is 4.30. The molecule has 1 atom stereocenters. The summed E-state index contributed by atoms with van der Waals surface area (Å²) in [5.74, 6) is 0. The molecule has 0 radical (unpaired) electrons. The summed E-state index contributed by atoms with van der Waals surface area (Å²) in [6.07, 6.45) is 7.11. The quantitative estimate of drug-likeness (QED) is 0.689. The van der Waals surface area contributed by atoms with Gasteiger partial charge in [0.15, 0.2) is 0 Å². The van der Waals surface area contributed by atoms with E-state index in [9.17, 15) is 8.42 Å². The molecule has 3 rings (SSSR count). The van der Waals surface area contributed by atoms with E-state index in [1.165, 1.54) is 31.1 Å². The Morgan fingerprint density at radius 3 is 2.37 bits per heavy atom. The van der Waals surface area contributed by atoms with Crippen molar-refractivity contribution in [3.8, 4) is 0 Å². The van der Waals surface area contributed by atoms with Crippen LogP contribution in [0.1, 0.15) is 37.7 Å². The highest BCUT2D eigenvalue weighted by molar-refractivity contribution is 7.88. The molecular weight excluding hydrogens is 382 g/mol. The molecule has 7 heteroatoms. The second kappa shape index (κ2) is 9.70. The number of benzene rings is 1. The molecule has 2 heterocycles. The summed E-state index contributed by atoms with van der Waals surface area (Å²) < 4.78 is 26.7. The van der Waals surface area contributed by atoms with Crippen LogP contribution in [-0.4, -0.2) is 74.1 Å². The summed E-state index contributed by atoms with van der Waals surface area (Å²) in [4.78, 5) is 4.78. The topological polar surface area (TPSA) is 43.9 Å². The van der Waals surface area contributed by atoms with Gasteiger partial charge < -0.3 is 4.90 Å². The largest absolute Gasteiger partial charge is 0.302 e. The number of hydrogen-bond acceptors (Lipinski definition) is 4. The minimum Gasteiger partial charge on any atom is -0.302 e. The molecule has 2 aliphatic heterocycles. The lowest BCUT2D eigenvalue weighted by atomic mass is 10.0. The first kappa shape index (κ1) is 21.1. The molecule has 0 bridgehead atoms. The van der Waals surface area contributed by atoms with Crippen LogP contribution >= 0.6 is 11.6 Å². The van der Waals surface area contributed by atoms with Crippen molar-refractivity contribution in [2.45, 2.75) is 44.7 Å². The molecule has 2 aliphatic rings. The summed E-state index contributed by atoms with van der Waals surface area (Å²) in [6, 6.07) is 8.01. The second-order valence-electron chi connectivity index (χ2n) is 7.93. The lowest BCUT2D eigenvalue weighted by molar-refractivity contribution is 0.130. The highest BCUT2D eigenvalue weighted by Crippen LogP contribution is 2.21. The van der Waals surface area contributed by atoms with Crippen LogP contribution in [0.5, 0.6) is 0 Å². The highest BCUT2D eigenvalue weighted by atomic mass is 35.5. The van der Waals surface area contributed by atoms with Crippen molar-refractivity contribution >= 4 is 21.6 Å². The normalized spacial score (nSPS) is 23.0. The Morgan fingerprint density at radius 2 is 1.70 bits per heavy atom. The molecule has 0 saturated carbocycles. The van der Waals surface area contributed by atoms with Gasteiger partial charge in [0.25, 0.3) is 0 Å². The van der Waals surface area contributed by atoms with Gasteiger partial charge in [0, 0.05) is 37.2 Å². The van der Waals surface area contributed by atoms with Crippen molar-refractivity contribution < 1.29 is 8.42 Å². The lowest BCUT2D eigenvalue weighted by Crippen LogP contribution is -2.51. The van der Waals surface area contributed by atoms with Crippen LogP contribution in [-0.2, 0) is 16.6 Å². The first-order valence-corrected chi connectivity index (χ1v) is 12.3. The Labute approximate surface area is 169 Å². The van der Waals surface area contributed by atoms with Crippen LogP contribution in [0.15, 0.2) is 24.3 Å². The summed E-state index contributed by atoms with van der Waals surface area (Å²) in [5.41, 5.74) is 1.22. The predicted molar refractivity (Wildman–Crippen MR) is 112 cm³/mol. The number of halogens is 1. The molecular formula is C20H32ClN3O2S. The van der Waals surface area contributed by atoms with Crippen molar-refractivity contribution in [1.82, 2.24) is 14.1 Å². The molecule has 0 aliphatic carbocycles. The van der Waals surface area contributed by atoms with E-state index in [-0.39, 0.29) is 6.04 Å². The average Bonchev–Trinajstić information content (AvgIpc) is 2.64. The van der Waals surface area contributed by atoms with Gasteiger partial charge >= 0.3 is 0 Å². The van der Waals surface area contributed by atoms with Crippen LogP contribution in [0.25, 0.3) is 0 Å². The fraction of sp³-hybridized carbons (Fsp3) is 0.700. The third kappa shape index (κ3) is 6.43. The Morgan fingerprint density at radius 1 is 1.04 bits per heavy atom. The summed E-state index contributed by atoms with van der Waals surface area (Å²) >= 11 is 5.98. The van der Waals surface area contributed by atoms with Gasteiger partial charge in [-0.05, 0) is 63.0 Å².